The minimum atomic E-state index is 0.122. The van der Waals surface area contributed by atoms with Gasteiger partial charge in [-0.2, -0.15) is 0 Å². The van der Waals surface area contributed by atoms with Crippen molar-refractivity contribution in [3.05, 3.63) is 59.2 Å². The number of aryl methyl sites for hydroxylation is 3. The van der Waals surface area contributed by atoms with Crippen LogP contribution in [0, 0.1) is 13.8 Å². The van der Waals surface area contributed by atoms with E-state index in [1.54, 1.807) is 0 Å². The summed E-state index contributed by atoms with van der Waals surface area (Å²) in [5.74, 6) is 0.926. The van der Waals surface area contributed by atoms with Gasteiger partial charge in [0.2, 0.25) is 0 Å². The summed E-state index contributed by atoms with van der Waals surface area (Å²) >= 11 is 0. The van der Waals surface area contributed by atoms with Gasteiger partial charge in [-0.15, -0.1) is 0 Å². The molecule has 0 saturated carbocycles. The molecular formula is C19H25NO. The number of para-hydroxylation sites is 1. The van der Waals surface area contributed by atoms with E-state index < -0.39 is 0 Å². The topological polar surface area (TPSA) is 21.3 Å². The Labute approximate surface area is 128 Å². The Morgan fingerprint density at radius 1 is 1.05 bits per heavy atom. The minimum absolute atomic E-state index is 0.122. The highest BCUT2D eigenvalue weighted by molar-refractivity contribution is 5.57. The van der Waals surface area contributed by atoms with E-state index in [0.717, 1.165) is 18.7 Å². The number of benzene rings is 2. The number of hydrogen-bond acceptors (Lipinski definition) is 2. The Morgan fingerprint density at radius 2 is 1.76 bits per heavy atom. The molecule has 2 nitrogen and oxygen atoms in total. The van der Waals surface area contributed by atoms with Crippen LogP contribution in [-0.4, -0.2) is 12.6 Å². The van der Waals surface area contributed by atoms with E-state index in [9.17, 15) is 0 Å². The summed E-state index contributed by atoms with van der Waals surface area (Å²) < 4.78 is 5.94. The van der Waals surface area contributed by atoms with Crippen LogP contribution < -0.4 is 10.1 Å². The van der Waals surface area contributed by atoms with E-state index in [2.05, 4.69) is 63.3 Å². The normalized spacial score (nSPS) is 12.0. The van der Waals surface area contributed by atoms with E-state index >= 15 is 0 Å². The zero-order valence-electron chi connectivity index (χ0n) is 13.4. The molecule has 0 aromatic heterocycles. The molecule has 2 rings (SSSR count). The lowest BCUT2D eigenvalue weighted by molar-refractivity contribution is 0.234. The molecule has 112 valence electrons. The van der Waals surface area contributed by atoms with Crippen LogP contribution in [-0.2, 0) is 6.42 Å². The predicted octanol–water partition coefficient (Wildman–Crippen LogP) is 4.75. The molecule has 0 saturated heterocycles. The minimum Gasteiger partial charge on any atom is -0.489 e. The Balaban J connectivity index is 1.95. The maximum Gasteiger partial charge on any atom is 0.119 e. The Hall–Kier alpha value is -1.96. The van der Waals surface area contributed by atoms with Crippen molar-refractivity contribution in [1.82, 2.24) is 0 Å². The molecule has 0 spiro atoms. The summed E-state index contributed by atoms with van der Waals surface area (Å²) in [4.78, 5) is 0. The number of anilines is 1. The van der Waals surface area contributed by atoms with Crippen molar-refractivity contribution in [3.63, 3.8) is 0 Å². The van der Waals surface area contributed by atoms with Gasteiger partial charge >= 0.3 is 0 Å². The maximum absolute atomic E-state index is 5.94. The summed E-state index contributed by atoms with van der Waals surface area (Å²) in [6, 6.07) is 14.6. The molecule has 1 unspecified atom stereocenters. The highest BCUT2D eigenvalue weighted by Gasteiger charge is 2.07. The molecule has 0 fully saturated rings. The molecule has 2 aromatic carbocycles. The van der Waals surface area contributed by atoms with E-state index in [4.69, 9.17) is 4.74 Å². The Morgan fingerprint density at radius 3 is 2.43 bits per heavy atom. The zero-order valence-corrected chi connectivity index (χ0v) is 13.4. The fourth-order valence-corrected chi connectivity index (χ4v) is 2.41. The van der Waals surface area contributed by atoms with Gasteiger partial charge in [0.15, 0.2) is 0 Å². The van der Waals surface area contributed by atoms with Crippen LogP contribution >= 0.6 is 0 Å². The lowest BCUT2D eigenvalue weighted by atomic mass is 10.1. The van der Waals surface area contributed by atoms with Gasteiger partial charge in [-0.25, -0.2) is 0 Å². The third-order valence-electron chi connectivity index (χ3n) is 3.66. The molecule has 0 aliphatic carbocycles. The Kier molecular flexibility index (Phi) is 5.26. The number of hydrogen-bond donors (Lipinski definition) is 1. The quantitative estimate of drug-likeness (QED) is 0.826. The van der Waals surface area contributed by atoms with Crippen LogP contribution in [0.5, 0.6) is 5.75 Å². The first-order valence-electron chi connectivity index (χ1n) is 7.66. The van der Waals surface area contributed by atoms with Gasteiger partial charge in [-0.3, -0.25) is 0 Å². The molecular weight excluding hydrogens is 258 g/mol. The van der Waals surface area contributed by atoms with E-state index in [0.29, 0.717) is 0 Å². The first-order chi connectivity index (χ1) is 10.1. The molecule has 21 heavy (non-hydrogen) atoms. The molecule has 1 atom stereocenters. The van der Waals surface area contributed by atoms with Crippen LogP contribution in [0.25, 0.3) is 0 Å². The molecule has 0 aliphatic rings. The van der Waals surface area contributed by atoms with Gasteiger partial charge in [-0.05, 0) is 50.5 Å². The molecule has 0 radical (unpaired) electrons. The highest BCUT2D eigenvalue weighted by atomic mass is 16.5. The standard InChI is InChI=1S/C19H25NO/c1-5-17-8-6-7-15(3)19(17)20-13-16(4)21-18-11-9-14(2)10-12-18/h6-12,16,20H,5,13H2,1-4H3. The van der Waals surface area contributed by atoms with Gasteiger partial charge in [0.1, 0.15) is 11.9 Å². The van der Waals surface area contributed by atoms with Gasteiger partial charge in [0.05, 0.1) is 6.54 Å². The third-order valence-corrected chi connectivity index (χ3v) is 3.66. The summed E-state index contributed by atoms with van der Waals surface area (Å²) in [7, 11) is 0. The second-order valence-corrected chi connectivity index (χ2v) is 5.59. The van der Waals surface area contributed by atoms with Crippen molar-refractivity contribution < 1.29 is 4.74 Å². The lowest BCUT2D eigenvalue weighted by Gasteiger charge is -2.19. The molecule has 2 heteroatoms. The summed E-state index contributed by atoms with van der Waals surface area (Å²) in [6.07, 6.45) is 1.16. The lowest BCUT2D eigenvalue weighted by Crippen LogP contribution is -2.23. The highest BCUT2D eigenvalue weighted by Crippen LogP contribution is 2.21. The fraction of sp³-hybridized carbons (Fsp3) is 0.368. The number of ether oxygens (including phenoxy) is 1. The van der Waals surface area contributed by atoms with Crippen molar-refractivity contribution in [2.45, 2.75) is 40.2 Å². The molecule has 1 N–H and O–H groups in total. The molecule has 2 aromatic rings. The average Bonchev–Trinajstić information content (AvgIpc) is 2.48. The molecule has 0 amide bonds. The van der Waals surface area contributed by atoms with Crippen LogP contribution in [0.4, 0.5) is 5.69 Å². The van der Waals surface area contributed by atoms with Crippen LogP contribution in [0.2, 0.25) is 0 Å². The summed E-state index contributed by atoms with van der Waals surface area (Å²) in [5, 5.41) is 3.54. The second-order valence-electron chi connectivity index (χ2n) is 5.59. The van der Waals surface area contributed by atoms with Gasteiger partial charge in [-0.1, -0.05) is 42.8 Å². The van der Waals surface area contributed by atoms with Crippen molar-refractivity contribution in [3.8, 4) is 5.75 Å². The second kappa shape index (κ2) is 7.16. The van der Waals surface area contributed by atoms with E-state index in [-0.39, 0.29) is 6.10 Å². The van der Waals surface area contributed by atoms with E-state index in [1.807, 2.05) is 12.1 Å². The van der Waals surface area contributed by atoms with Gasteiger partial charge in [0, 0.05) is 5.69 Å². The van der Waals surface area contributed by atoms with Crippen LogP contribution in [0.15, 0.2) is 42.5 Å². The largest absolute Gasteiger partial charge is 0.489 e. The average molecular weight is 283 g/mol. The monoisotopic (exact) mass is 283 g/mol. The van der Waals surface area contributed by atoms with Gasteiger partial charge in [0.25, 0.3) is 0 Å². The smallest absolute Gasteiger partial charge is 0.119 e. The van der Waals surface area contributed by atoms with Gasteiger partial charge < -0.3 is 10.1 Å². The maximum atomic E-state index is 5.94. The summed E-state index contributed by atoms with van der Waals surface area (Å²) in [6.45, 7) is 9.31. The predicted molar refractivity (Wildman–Crippen MR) is 90.3 cm³/mol. The first kappa shape index (κ1) is 15.4. The zero-order chi connectivity index (χ0) is 15.2. The molecule has 0 bridgehead atoms. The van der Waals surface area contributed by atoms with Crippen molar-refractivity contribution >= 4 is 5.69 Å². The number of nitrogens with one attached hydrogen (secondary N) is 1. The van der Waals surface area contributed by atoms with Crippen molar-refractivity contribution in [1.29, 1.82) is 0 Å². The van der Waals surface area contributed by atoms with E-state index in [1.165, 1.54) is 22.4 Å². The van der Waals surface area contributed by atoms with Crippen molar-refractivity contribution in [2.75, 3.05) is 11.9 Å². The fourth-order valence-electron chi connectivity index (χ4n) is 2.41. The Bertz CT molecular complexity index is 575. The molecule has 0 aliphatic heterocycles. The molecule has 0 heterocycles. The van der Waals surface area contributed by atoms with Crippen LogP contribution in [0.3, 0.4) is 0 Å². The SMILES string of the molecule is CCc1cccc(C)c1NCC(C)Oc1ccc(C)cc1. The summed E-state index contributed by atoms with van der Waals surface area (Å²) in [5.41, 5.74) is 5.15. The third kappa shape index (κ3) is 4.25. The van der Waals surface area contributed by atoms with Crippen LogP contribution in [0.1, 0.15) is 30.5 Å². The first-order valence-corrected chi connectivity index (χ1v) is 7.66. The number of rotatable bonds is 6. The van der Waals surface area contributed by atoms with Crippen molar-refractivity contribution in [2.24, 2.45) is 0 Å².